The predicted molar refractivity (Wildman–Crippen MR) is 65.5 cm³/mol. The van der Waals surface area contributed by atoms with E-state index in [0.29, 0.717) is 13.1 Å². The molecule has 0 radical (unpaired) electrons. The maximum Gasteiger partial charge on any atom is 0.200 e. The van der Waals surface area contributed by atoms with Gasteiger partial charge in [0.25, 0.3) is 0 Å². The van der Waals surface area contributed by atoms with Crippen LogP contribution in [0.3, 0.4) is 0 Å². The van der Waals surface area contributed by atoms with E-state index in [2.05, 4.69) is 0 Å². The highest BCUT2D eigenvalue weighted by Crippen LogP contribution is 2.25. The lowest BCUT2D eigenvalue weighted by atomic mass is 10.1. The first-order valence-electron chi connectivity index (χ1n) is 6.04. The second-order valence-electron chi connectivity index (χ2n) is 5.67. The number of likely N-dealkylation sites (N-methyl/N-ethyl adjacent to an activating group) is 2. The van der Waals surface area contributed by atoms with Gasteiger partial charge in [-0.1, -0.05) is 0 Å². The van der Waals surface area contributed by atoms with Gasteiger partial charge in [-0.25, -0.2) is 22.0 Å². The Bertz CT molecular complexity index is 477. The zero-order chi connectivity index (χ0) is 15.7. The molecule has 1 aromatic carbocycles. The van der Waals surface area contributed by atoms with Gasteiger partial charge >= 0.3 is 0 Å². The average molecular weight is 377 g/mol. The highest BCUT2D eigenvalue weighted by Gasteiger charge is 2.29. The van der Waals surface area contributed by atoms with Gasteiger partial charge in [-0.2, -0.15) is 0 Å². The number of hydrogen-bond donors (Lipinski definition) is 0. The summed E-state index contributed by atoms with van der Waals surface area (Å²) in [5, 5.41) is 0. The second kappa shape index (κ2) is 7.51. The molecule has 8 heteroatoms. The van der Waals surface area contributed by atoms with Gasteiger partial charge in [-0.05, 0) is 14.1 Å². The van der Waals surface area contributed by atoms with Crippen molar-refractivity contribution in [1.82, 2.24) is 4.90 Å². The molecule has 1 rings (SSSR count). The third-order valence-corrected chi connectivity index (χ3v) is 3.04. The number of rotatable bonds is 5. The topological polar surface area (TPSA) is 3.24 Å². The molecule has 0 saturated carbocycles. The second-order valence-corrected chi connectivity index (χ2v) is 5.67. The molecule has 0 aliphatic rings. The standard InChI is InChI=1S/C13H18F5N2.BrH/c1-19(2)5-6-20(3,4)7-8-9(14)11(16)13(18)12(17)10(8)15;/h5-7H2,1-4H3;1H/q+1;/p-1. The zero-order valence-electron chi connectivity index (χ0n) is 12.3. The molecular weight excluding hydrogens is 359 g/mol. The quantitative estimate of drug-likeness (QED) is 0.290. The van der Waals surface area contributed by atoms with Gasteiger partial charge in [-0.15, -0.1) is 0 Å². The monoisotopic (exact) mass is 376 g/mol. The van der Waals surface area contributed by atoms with Crippen LogP contribution >= 0.6 is 0 Å². The first kappa shape index (κ1) is 20.3. The highest BCUT2D eigenvalue weighted by molar-refractivity contribution is 5.23. The van der Waals surface area contributed by atoms with Gasteiger partial charge in [0.1, 0.15) is 6.54 Å². The van der Waals surface area contributed by atoms with E-state index < -0.39 is 34.6 Å². The number of halogens is 6. The van der Waals surface area contributed by atoms with Crippen molar-refractivity contribution >= 4 is 0 Å². The van der Waals surface area contributed by atoms with Crippen LogP contribution in [0.2, 0.25) is 0 Å². The maximum absolute atomic E-state index is 13.6. The minimum Gasteiger partial charge on any atom is -1.00 e. The molecule has 0 saturated heterocycles. The number of hydrogen-bond acceptors (Lipinski definition) is 1. The first-order valence-corrected chi connectivity index (χ1v) is 6.04. The summed E-state index contributed by atoms with van der Waals surface area (Å²) >= 11 is 0. The van der Waals surface area contributed by atoms with Gasteiger partial charge in [-0.3, -0.25) is 0 Å². The molecular formula is C13H18BrF5N2. The molecule has 2 nitrogen and oxygen atoms in total. The van der Waals surface area contributed by atoms with Crippen molar-refractivity contribution in [1.29, 1.82) is 0 Å². The molecule has 0 aliphatic carbocycles. The Labute approximate surface area is 131 Å². The Morgan fingerprint density at radius 1 is 0.810 bits per heavy atom. The SMILES string of the molecule is CN(C)CC[N+](C)(C)Cc1c(F)c(F)c(F)c(F)c1F.[Br-]. The van der Waals surface area contributed by atoms with Crippen LogP contribution in [0.1, 0.15) is 5.56 Å². The summed E-state index contributed by atoms with van der Waals surface area (Å²) in [7, 11) is 7.00. The summed E-state index contributed by atoms with van der Waals surface area (Å²) < 4.78 is 66.5. The molecule has 0 spiro atoms. The fraction of sp³-hybridized carbons (Fsp3) is 0.538. The fourth-order valence-electron chi connectivity index (χ4n) is 1.77. The minimum absolute atomic E-state index is 0. The van der Waals surface area contributed by atoms with Crippen LogP contribution in [0.5, 0.6) is 0 Å². The molecule has 0 aromatic heterocycles. The average Bonchev–Trinajstić information content (AvgIpc) is 2.37. The van der Waals surface area contributed by atoms with Crippen molar-refractivity contribution in [3.8, 4) is 0 Å². The van der Waals surface area contributed by atoms with Gasteiger partial charge in [0.15, 0.2) is 23.3 Å². The molecule has 0 amide bonds. The van der Waals surface area contributed by atoms with Crippen molar-refractivity contribution in [2.45, 2.75) is 6.54 Å². The molecule has 21 heavy (non-hydrogen) atoms. The Morgan fingerprint density at radius 2 is 1.19 bits per heavy atom. The summed E-state index contributed by atoms with van der Waals surface area (Å²) in [6.07, 6.45) is 0. The summed E-state index contributed by atoms with van der Waals surface area (Å²) in [5.74, 6) is -9.42. The normalized spacial score (nSPS) is 11.7. The van der Waals surface area contributed by atoms with Crippen molar-refractivity contribution in [2.24, 2.45) is 0 Å². The Morgan fingerprint density at radius 3 is 1.57 bits per heavy atom. The third-order valence-electron chi connectivity index (χ3n) is 3.04. The van der Waals surface area contributed by atoms with E-state index in [-0.39, 0.29) is 28.0 Å². The van der Waals surface area contributed by atoms with Crippen LogP contribution in [0.15, 0.2) is 0 Å². The lowest BCUT2D eigenvalue weighted by molar-refractivity contribution is -0.903. The lowest BCUT2D eigenvalue weighted by Gasteiger charge is -2.31. The van der Waals surface area contributed by atoms with E-state index in [1.807, 2.05) is 19.0 Å². The largest absolute Gasteiger partial charge is 1.00 e. The molecule has 0 atom stereocenters. The van der Waals surface area contributed by atoms with E-state index in [4.69, 9.17) is 0 Å². The zero-order valence-corrected chi connectivity index (χ0v) is 13.9. The first-order chi connectivity index (χ1) is 9.07. The van der Waals surface area contributed by atoms with Crippen LogP contribution in [0.4, 0.5) is 22.0 Å². The van der Waals surface area contributed by atoms with Crippen molar-refractivity contribution in [2.75, 3.05) is 41.3 Å². The van der Waals surface area contributed by atoms with E-state index >= 15 is 0 Å². The van der Waals surface area contributed by atoms with Gasteiger partial charge in [0.2, 0.25) is 5.82 Å². The lowest BCUT2D eigenvalue weighted by Crippen LogP contribution is -3.00. The van der Waals surface area contributed by atoms with Crippen LogP contribution in [0, 0.1) is 29.1 Å². The summed E-state index contributed by atoms with van der Waals surface area (Å²) in [6, 6.07) is 0. The smallest absolute Gasteiger partial charge is 0.200 e. The van der Waals surface area contributed by atoms with Crippen molar-refractivity contribution in [3.05, 3.63) is 34.6 Å². The number of benzene rings is 1. The van der Waals surface area contributed by atoms with Gasteiger partial charge in [0.05, 0.1) is 26.2 Å². The minimum atomic E-state index is -2.12. The number of nitrogens with zero attached hydrogens (tertiary/aromatic N) is 2. The van der Waals surface area contributed by atoms with Crippen LogP contribution in [-0.4, -0.2) is 50.7 Å². The maximum atomic E-state index is 13.6. The predicted octanol–water partition coefficient (Wildman–Crippen LogP) is -0.476. The van der Waals surface area contributed by atoms with Crippen LogP contribution < -0.4 is 17.0 Å². The van der Waals surface area contributed by atoms with Crippen LogP contribution in [0.25, 0.3) is 0 Å². The van der Waals surface area contributed by atoms with Crippen molar-refractivity contribution < 1.29 is 43.4 Å². The molecule has 0 heterocycles. The molecule has 122 valence electrons. The molecule has 0 unspecified atom stereocenters. The molecule has 0 fully saturated rings. The third kappa shape index (κ3) is 4.89. The van der Waals surface area contributed by atoms with Crippen molar-refractivity contribution in [3.63, 3.8) is 0 Å². The Kier molecular flexibility index (Phi) is 7.25. The fourth-order valence-corrected chi connectivity index (χ4v) is 1.77. The summed E-state index contributed by atoms with van der Waals surface area (Å²) in [5.41, 5.74) is -0.773. The van der Waals surface area contributed by atoms with Gasteiger partial charge < -0.3 is 26.4 Å². The summed E-state index contributed by atoms with van der Waals surface area (Å²) in [6.45, 7) is 0.856. The van der Waals surface area contributed by atoms with E-state index in [9.17, 15) is 22.0 Å². The van der Waals surface area contributed by atoms with E-state index in [0.717, 1.165) is 0 Å². The molecule has 0 bridgehead atoms. The summed E-state index contributed by atoms with van der Waals surface area (Å²) in [4.78, 5) is 1.87. The van der Waals surface area contributed by atoms with Gasteiger partial charge in [0, 0.05) is 6.54 Å². The highest BCUT2D eigenvalue weighted by atomic mass is 79.9. The molecule has 0 N–H and O–H groups in total. The van der Waals surface area contributed by atoms with Crippen LogP contribution in [-0.2, 0) is 6.54 Å². The molecule has 1 aromatic rings. The van der Waals surface area contributed by atoms with E-state index in [1.54, 1.807) is 14.1 Å². The molecule has 0 aliphatic heterocycles. The van der Waals surface area contributed by atoms with E-state index in [1.165, 1.54) is 0 Å². The number of quaternary nitrogens is 1. The Hall–Kier alpha value is -0.730. The Balaban J connectivity index is 0.00000400.